The second kappa shape index (κ2) is 8.00. The summed E-state index contributed by atoms with van der Waals surface area (Å²) in [6.45, 7) is 1.87. The number of halogens is 2. The van der Waals surface area contributed by atoms with Crippen LogP contribution in [0.5, 0.6) is 0 Å². The third-order valence-corrected chi connectivity index (χ3v) is 8.91. The molecule has 0 unspecified atom stereocenters. The number of nitrogens with two attached hydrogens (primary N) is 3. The summed E-state index contributed by atoms with van der Waals surface area (Å²) in [5, 5.41) is 1.01. The minimum atomic E-state index is 0.287. The van der Waals surface area contributed by atoms with Crippen molar-refractivity contribution in [2.75, 3.05) is 29.5 Å². The number of hydrogen-bond acceptors (Lipinski definition) is 8. The Hall–Kier alpha value is -1.04. The van der Waals surface area contributed by atoms with E-state index in [4.69, 9.17) is 28.8 Å². The molecule has 1 aliphatic heterocycles. The Balaban J connectivity index is 1.46. The Morgan fingerprint density at radius 3 is 2.57 bits per heavy atom. The first-order valence-electron chi connectivity index (χ1n) is 9.24. The van der Waals surface area contributed by atoms with E-state index in [-0.39, 0.29) is 11.2 Å². The van der Waals surface area contributed by atoms with E-state index < -0.39 is 0 Å². The van der Waals surface area contributed by atoms with Crippen LogP contribution in [0, 0.1) is 5.41 Å². The van der Waals surface area contributed by atoms with Crippen molar-refractivity contribution in [3.8, 4) is 0 Å². The lowest BCUT2D eigenvalue weighted by molar-refractivity contribution is 0.199. The van der Waals surface area contributed by atoms with E-state index in [1.54, 1.807) is 18.5 Å². The van der Waals surface area contributed by atoms with Gasteiger partial charge in [-0.15, -0.1) is 0 Å². The van der Waals surface area contributed by atoms with Gasteiger partial charge in [-0.1, -0.05) is 46.0 Å². The summed E-state index contributed by atoms with van der Waals surface area (Å²) in [5.74, 6) is 1.49. The number of nitrogens with zero attached hydrogens (tertiary/aromatic N) is 4. The molecule has 3 heterocycles. The Morgan fingerprint density at radius 1 is 1.18 bits per heavy atom. The van der Waals surface area contributed by atoms with Gasteiger partial charge in [0.05, 0.1) is 11.2 Å². The molecule has 0 radical (unpaired) electrons. The highest BCUT2D eigenvalue weighted by atomic mass is 127. The lowest BCUT2D eigenvalue weighted by atomic mass is 9.74. The zero-order chi connectivity index (χ0) is 19.9. The number of anilines is 3. The molecule has 2 aliphatic rings. The monoisotopic (exact) mass is 531 g/mol. The van der Waals surface area contributed by atoms with Crippen molar-refractivity contribution in [2.45, 2.75) is 45.6 Å². The van der Waals surface area contributed by atoms with Gasteiger partial charge < -0.3 is 22.1 Å². The number of rotatable bonds is 3. The molecule has 10 heteroatoms. The fourth-order valence-corrected chi connectivity index (χ4v) is 6.25. The van der Waals surface area contributed by atoms with E-state index in [9.17, 15) is 0 Å². The molecule has 7 nitrogen and oxygen atoms in total. The molecule has 2 aromatic rings. The van der Waals surface area contributed by atoms with E-state index in [0.717, 1.165) is 36.6 Å². The van der Waals surface area contributed by atoms with Gasteiger partial charge in [0.15, 0.2) is 5.82 Å². The summed E-state index contributed by atoms with van der Waals surface area (Å²) < 4.78 is 0.588. The third kappa shape index (κ3) is 3.73. The van der Waals surface area contributed by atoms with Crippen LogP contribution in [0.2, 0.25) is 5.02 Å². The summed E-state index contributed by atoms with van der Waals surface area (Å²) in [6, 6.07) is 2.08. The Kier molecular flexibility index (Phi) is 5.78. The van der Waals surface area contributed by atoms with Crippen LogP contribution < -0.4 is 22.1 Å². The molecular weight excluding hydrogens is 509 g/mol. The number of hydrogen-bond donors (Lipinski definition) is 3. The van der Waals surface area contributed by atoms with E-state index in [2.05, 4.69) is 42.4 Å². The number of nitrogen functional groups attached to an aromatic ring is 2. The zero-order valence-electron chi connectivity index (χ0n) is 15.3. The summed E-state index contributed by atoms with van der Waals surface area (Å²) in [7, 11) is 0. The highest BCUT2D eigenvalue weighted by Gasteiger charge is 2.47. The average molecular weight is 532 g/mol. The molecule has 1 saturated heterocycles. The maximum atomic E-state index is 6.51. The standard InChI is InChI=1S/C18H23ClIN7S/c19-13-11(2-6-24-15(13)22)28-17-16(23)26-12(9-25-17)27-7-4-18(5-8-27)3-1-10(20)14(18)21/h2,6,9-10,14H,1,3-5,7-8,21H2,(H2,22,24)(H2,23,26)/t10-,14-/m1/s1. The van der Waals surface area contributed by atoms with E-state index >= 15 is 0 Å². The van der Waals surface area contributed by atoms with E-state index in [1.807, 2.05) is 0 Å². The van der Waals surface area contributed by atoms with Crippen molar-refractivity contribution in [3.05, 3.63) is 23.5 Å². The Bertz CT molecular complexity index is 875. The molecule has 1 saturated carbocycles. The molecule has 4 rings (SSSR count). The smallest absolute Gasteiger partial charge is 0.158 e. The highest BCUT2D eigenvalue weighted by Crippen LogP contribution is 2.48. The van der Waals surface area contributed by atoms with E-state index in [1.165, 1.54) is 24.6 Å². The largest absolute Gasteiger partial charge is 0.382 e. The van der Waals surface area contributed by atoms with Crippen molar-refractivity contribution >= 4 is 63.4 Å². The van der Waals surface area contributed by atoms with Crippen LogP contribution in [-0.4, -0.2) is 38.0 Å². The number of aromatic nitrogens is 3. The third-order valence-electron chi connectivity index (χ3n) is 5.94. The Morgan fingerprint density at radius 2 is 1.93 bits per heavy atom. The summed E-state index contributed by atoms with van der Waals surface area (Å²) in [6.07, 6.45) is 8.04. The van der Waals surface area contributed by atoms with Gasteiger partial charge in [-0.2, -0.15) is 0 Å². The molecule has 2 aromatic heterocycles. The number of pyridine rings is 1. The molecule has 1 aliphatic carbocycles. The van der Waals surface area contributed by atoms with Crippen LogP contribution in [0.4, 0.5) is 17.5 Å². The van der Waals surface area contributed by atoms with Crippen LogP contribution in [0.25, 0.3) is 0 Å². The number of alkyl halides is 1. The van der Waals surface area contributed by atoms with Gasteiger partial charge in [-0.25, -0.2) is 15.0 Å². The lowest BCUT2D eigenvalue weighted by Gasteiger charge is -2.42. The van der Waals surface area contributed by atoms with Gasteiger partial charge in [0.25, 0.3) is 0 Å². The summed E-state index contributed by atoms with van der Waals surface area (Å²) in [5.41, 5.74) is 18.7. The lowest BCUT2D eigenvalue weighted by Crippen LogP contribution is -2.49. The summed E-state index contributed by atoms with van der Waals surface area (Å²) >= 11 is 10.1. The molecule has 0 bridgehead atoms. The molecule has 0 amide bonds. The first kappa shape index (κ1) is 20.2. The number of piperidine rings is 1. The van der Waals surface area contributed by atoms with Crippen molar-refractivity contribution < 1.29 is 0 Å². The minimum Gasteiger partial charge on any atom is -0.382 e. The second-order valence-corrected chi connectivity index (χ2v) is 10.5. The molecule has 28 heavy (non-hydrogen) atoms. The van der Waals surface area contributed by atoms with Gasteiger partial charge in [0.2, 0.25) is 0 Å². The van der Waals surface area contributed by atoms with E-state index in [0.29, 0.717) is 25.8 Å². The van der Waals surface area contributed by atoms with Gasteiger partial charge in [-0.3, -0.25) is 0 Å². The SMILES string of the molecule is Nc1nc(N2CCC3(CC[C@@H](I)[C@H]3N)CC2)cnc1Sc1ccnc(N)c1Cl. The Labute approximate surface area is 187 Å². The molecule has 6 N–H and O–H groups in total. The molecule has 0 aromatic carbocycles. The van der Waals surface area contributed by atoms with Crippen LogP contribution in [0.3, 0.4) is 0 Å². The van der Waals surface area contributed by atoms with Gasteiger partial charge in [-0.05, 0) is 37.2 Å². The van der Waals surface area contributed by atoms with Gasteiger partial charge in [0, 0.05) is 34.1 Å². The van der Waals surface area contributed by atoms with Crippen molar-refractivity contribution in [1.82, 2.24) is 15.0 Å². The average Bonchev–Trinajstić information content (AvgIpc) is 2.96. The normalized spacial score (nSPS) is 24.0. The second-order valence-electron chi connectivity index (χ2n) is 7.46. The predicted octanol–water partition coefficient (Wildman–Crippen LogP) is 3.35. The minimum absolute atomic E-state index is 0.287. The van der Waals surface area contributed by atoms with Crippen molar-refractivity contribution in [2.24, 2.45) is 11.1 Å². The molecule has 2 fully saturated rings. The van der Waals surface area contributed by atoms with Crippen LogP contribution in [-0.2, 0) is 0 Å². The summed E-state index contributed by atoms with van der Waals surface area (Å²) in [4.78, 5) is 16.1. The van der Waals surface area contributed by atoms with Gasteiger partial charge >= 0.3 is 0 Å². The maximum Gasteiger partial charge on any atom is 0.158 e. The molecule has 2 atom stereocenters. The van der Waals surface area contributed by atoms with Crippen LogP contribution >= 0.6 is 46.0 Å². The molecule has 150 valence electrons. The fourth-order valence-electron chi connectivity index (χ4n) is 4.16. The van der Waals surface area contributed by atoms with Crippen molar-refractivity contribution in [1.29, 1.82) is 0 Å². The van der Waals surface area contributed by atoms with Crippen molar-refractivity contribution in [3.63, 3.8) is 0 Å². The first-order chi connectivity index (χ1) is 13.4. The molecular formula is C18H23ClIN7S. The van der Waals surface area contributed by atoms with Crippen LogP contribution in [0.1, 0.15) is 25.7 Å². The fraction of sp³-hybridized carbons (Fsp3) is 0.500. The zero-order valence-corrected chi connectivity index (χ0v) is 19.0. The topological polar surface area (TPSA) is 120 Å². The van der Waals surface area contributed by atoms with Gasteiger partial charge in [0.1, 0.15) is 16.7 Å². The highest BCUT2D eigenvalue weighted by molar-refractivity contribution is 14.1. The quantitative estimate of drug-likeness (QED) is 0.407. The molecule has 1 spiro atoms. The maximum absolute atomic E-state index is 6.51. The van der Waals surface area contributed by atoms with Crippen LogP contribution in [0.15, 0.2) is 28.4 Å². The predicted molar refractivity (Wildman–Crippen MR) is 123 cm³/mol. The first-order valence-corrected chi connectivity index (χ1v) is 11.7.